The molecule has 0 bridgehead atoms. The number of nitrogens with one attached hydrogen (secondary N) is 1. The molecule has 3 aromatic rings. The van der Waals surface area contributed by atoms with Gasteiger partial charge in [0.1, 0.15) is 11.6 Å². The molecule has 0 spiro atoms. The molecule has 1 N–H and O–H groups in total. The van der Waals surface area contributed by atoms with Crippen molar-refractivity contribution in [1.82, 2.24) is 0 Å². The highest BCUT2D eigenvalue weighted by Gasteiger charge is 2.51. The zero-order valence-electron chi connectivity index (χ0n) is 17.3. The second-order valence-corrected chi connectivity index (χ2v) is 7.98. The number of amides is 1. The lowest BCUT2D eigenvalue weighted by Gasteiger charge is -2.18. The summed E-state index contributed by atoms with van der Waals surface area (Å²) < 4.78 is 30.2. The Morgan fingerprint density at radius 2 is 1.81 bits per heavy atom. The second kappa shape index (κ2) is 7.30. The lowest BCUT2D eigenvalue weighted by atomic mass is 9.94. The molecule has 6 heteroatoms. The molecule has 1 aliphatic carbocycles. The van der Waals surface area contributed by atoms with Crippen LogP contribution in [0, 0.1) is 12.7 Å². The Morgan fingerprint density at radius 3 is 2.58 bits per heavy atom. The van der Waals surface area contributed by atoms with Crippen LogP contribution in [0.4, 0.5) is 10.1 Å². The summed E-state index contributed by atoms with van der Waals surface area (Å²) in [6.45, 7) is 2.15. The predicted molar refractivity (Wildman–Crippen MR) is 115 cm³/mol. The van der Waals surface area contributed by atoms with E-state index in [4.69, 9.17) is 14.2 Å². The number of anilines is 1. The average molecular weight is 419 g/mol. The van der Waals surface area contributed by atoms with E-state index in [-0.39, 0.29) is 18.5 Å². The fourth-order valence-corrected chi connectivity index (χ4v) is 4.10. The summed E-state index contributed by atoms with van der Waals surface area (Å²) in [5.74, 6) is 1.54. The van der Waals surface area contributed by atoms with Gasteiger partial charge < -0.3 is 19.5 Å². The minimum atomic E-state index is -0.567. The number of ether oxygens (including phenoxy) is 3. The number of halogens is 1. The third-order valence-electron chi connectivity index (χ3n) is 6.06. The van der Waals surface area contributed by atoms with Crippen molar-refractivity contribution >= 4 is 11.6 Å². The molecule has 31 heavy (non-hydrogen) atoms. The van der Waals surface area contributed by atoms with Crippen LogP contribution in [-0.4, -0.2) is 19.8 Å². The van der Waals surface area contributed by atoms with E-state index in [1.807, 2.05) is 43.3 Å². The maximum Gasteiger partial charge on any atom is 0.235 e. The van der Waals surface area contributed by atoms with Crippen molar-refractivity contribution in [3.8, 4) is 28.4 Å². The predicted octanol–water partition coefficient (Wildman–Crippen LogP) is 5.21. The largest absolute Gasteiger partial charge is 0.496 e. The van der Waals surface area contributed by atoms with E-state index >= 15 is 0 Å². The molecule has 1 amide bonds. The van der Waals surface area contributed by atoms with Crippen LogP contribution in [0.2, 0.25) is 0 Å². The van der Waals surface area contributed by atoms with Gasteiger partial charge in [-0.1, -0.05) is 12.1 Å². The molecule has 3 aromatic carbocycles. The summed E-state index contributed by atoms with van der Waals surface area (Å²) in [5, 5.41) is 3.05. The monoisotopic (exact) mass is 419 g/mol. The van der Waals surface area contributed by atoms with Crippen LogP contribution < -0.4 is 19.5 Å². The number of methoxy groups -OCH3 is 1. The Hall–Kier alpha value is -3.54. The van der Waals surface area contributed by atoms with Crippen molar-refractivity contribution in [2.75, 3.05) is 19.2 Å². The van der Waals surface area contributed by atoms with Crippen molar-refractivity contribution in [2.24, 2.45) is 0 Å². The van der Waals surface area contributed by atoms with Crippen molar-refractivity contribution < 1.29 is 23.4 Å². The van der Waals surface area contributed by atoms with Gasteiger partial charge in [-0.25, -0.2) is 4.39 Å². The van der Waals surface area contributed by atoms with Gasteiger partial charge in [-0.15, -0.1) is 0 Å². The number of fused-ring (bicyclic) bond motifs is 1. The Balaban J connectivity index is 1.44. The molecule has 1 fully saturated rings. The first-order valence-corrected chi connectivity index (χ1v) is 10.2. The van der Waals surface area contributed by atoms with E-state index in [9.17, 15) is 9.18 Å². The van der Waals surface area contributed by atoms with Gasteiger partial charge in [0, 0.05) is 11.3 Å². The van der Waals surface area contributed by atoms with E-state index in [2.05, 4.69) is 5.32 Å². The van der Waals surface area contributed by atoms with E-state index in [0.29, 0.717) is 28.5 Å². The van der Waals surface area contributed by atoms with E-state index in [1.165, 1.54) is 12.1 Å². The number of carbonyl (C=O) groups is 1. The quantitative estimate of drug-likeness (QED) is 0.617. The van der Waals surface area contributed by atoms with Crippen LogP contribution in [0.5, 0.6) is 17.2 Å². The molecule has 2 aliphatic rings. The zero-order valence-corrected chi connectivity index (χ0v) is 17.3. The molecule has 5 rings (SSSR count). The van der Waals surface area contributed by atoms with Gasteiger partial charge in [0.15, 0.2) is 11.5 Å². The van der Waals surface area contributed by atoms with Crippen LogP contribution >= 0.6 is 0 Å². The SMILES string of the molecule is COc1ccc(F)cc1-c1cc(NC(=O)C2(c3ccc4c(c3)OCO4)CC2)ccc1C. The summed E-state index contributed by atoms with van der Waals surface area (Å²) in [6, 6.07) is 15.7. The molecule has 1 saturated carbocycles. The molecule has 0 radical (unpaired) electrons. The first-order valence-electron chi connectivity index (χ1n) is 10.2. The van der Waals surface area contributed by atoms with Crippen molar-refractivity contribution in [2.45, 2.75) is 25.2 Å². The van der Waals surface area contributed by atoms with E-state index in [1.54, 1.807) is 13.2 Å². The average Bonchev–Trinajstić information content (AvgIpc) is 3.46. The highest BCUT2D eigenvalue weighted by molar-refractivity contribution is 6.02. The number of carbonyl (C=O) groups excluding carboxylic acids is 1. The lowest BCUT2D eigenvalue weighted by molar-refractivity contribution is -0.118. The number of hydrogen-bond acceptors (Lipinski definition) is 4. The fraction of sp³-hybridized carbons (Fsp3) is 0.240. The molecular weight excluding hydrogens is 397 g/mol. The third kappa shape index (κ3) is 3.38. The fourth-order valence-electron chi connectivity index (χ4n) is 4.10. The molecule has 0 unspecified atom stereocenters. The number of benzene rings is 3. The minimum Gasteiger partial charge on any atom is -0.496 e. The van der Waals surface area contributed by atoms with Crippen molar-refractivity contribution in [3.05, 3.63) is 71.5 Å². The Bertz CT molecular complexity index is 1190. The van der Waals surface area contributed by atoms with Crippen LogP contribution in [0.1, 0.15) is 24.0 Å². The van der Waals surface area contributed by atoms with Gasteiger partial charge >= 0.3 is 0 Å². The lowest BCUT2D eigenvalue weighted by Crippen LogP contribution is -2.27. The topological polar surface area (TPSA) is 56.8 Å². The van der Waals surface area contributed by atoms with E-state index in [0.717, 1.165) is 29.5 Å². The van der Waals surface area contributed by atoms with Crippen LogP contribution in [0.3, 0.4) is 0 Å². The van der Waals surface area contributed by atoms with Gasteiger partial charge in [-0.2, -0.15) is 0 Å². The maximum absolute atomic E-state index is 13.9. The normalized spacial score (nSPS) is 15.5. The summed E-state index contributed by atoms with van der Waals surface area (Å²) in [6.07, 6.45) is 1.55. The molecule has 0 atom stereocenters. The summed E-state index contributed by atoms with van der Waals surface area (Å²) in [5.41, 5.74) is 3.42. The minimum absolute atomic E-state index is 0.0626. The number of rotatable bonds is 5. The van der Waals surface area contributed by atoms with Gasteiger partial charge in [0.05, 0.1) is 12.5 Å². The summed E-state index contributed by atoms with van der Waals surface area (Å²) in [7, 11) is 1.56. The van der Waals surface area contributed by atoms with Crippen molar-refractivity contribution in [1.29, 1.82) is 0 Å². The van der Waals surface area contributed by atoms with Crippen molar-refractivity contribution in [3.63, 3.8) is 0 Å². The number of aryl methyl sites for hydroxylation is 1. The van der Waals surface area contributed by atoms with Gasteiger partial charge in [0.2, 0.25) is 12.7 Å². The molecule has 0 aromatic heterocycles. The standard InChI is InChI=1S/C25H22FNO4/c1-15-3-6-18(13-19(15)20-12-17(26)5-8-21(20)29-2)27-24(28)25(9-10-25)16-4-7-22-23(11-16)31-14-30-22/h3-8,11-13H,9-10,14H2,1-2H3,(H,27,28). The van der Waals surface area contributed by atoms with Crippen LogP contribution in [0.15, 0.2) is 54.6 Å². The molecule has 1 heterocycles. The highest BCUT2D eigenvalue weighted by Crippen LogP contribution is 2.51. The van der Waals surface area contributed by atoms with Gasteiger partial charge in [-0.05, 0) is 78.9 Å². The maximum atomic E-state index is 13.9. The Kier molecular flexibility index (Phi) is 4.58. The first-order chi connectivity index (χ1) is 15.0. The summed E-state index contributed by atoms with van der Waals surface area (Å²) >= 11 is 0. The molecule has 0 saturated heterocycles. The Labute approximate surface area is 179 Å². The smallest absolute Gasteiger partial charge is 0.235 e. The van der Waals surface area contributed by atoms with Gasteiger partial charge in [0.25, 0.3) is 0 Å². The molecular formula is C25H22FNO4. The third-order valence-corrected chi connectivity index (χ3v) is 6.06. The first kappa shape index (κ1) is 19.4. The molecule has 158 valence electrons. The zero-order chi connectivity index (χ0) is 21.6. The van der Waals surface area contributed by atoms with Crippen LogP contribution in [0.25, 0.3) is 11.1 Å². The Morgan fingerprint density at radius 1 is 1.00 bits per heavy atom. The molecule has 5 nitrogen and oxygen atoms in total. The van der Waals surface area contributed by atoms with Crippen LogP contribution in [-0.2, 0) is 10.2 Å². The van der Waals surface area contributed by atoms with E-state index < -0.39 is 5.41 Å². The highest BCUT2D eigenvalue weighted by atomic mass is 19.1. The van der Waals surface area contributed by atoms with Gasteiger partial charge in [-0.3, -0.25) is 4.79 Å². The number of hydrogen-bond donors (Lipinski definition) is 1. The molecule has 1 aliphatic heterocycles. The summed E-state index contributed by atoms with van der Waals surface area (Å²) in [4.78, 5) is 13.2. The second-order valence-electron chi connectivity index (χ2n) is 7.98.